The Morgan fingerprint density at radius 1 is 1.12 bits per heavy atom. The first-order valence-electron chi connectivity index (χ1n) is 2.17. The zero-order chi connectivity index (χ0) is 5.82. The Kier molecular flexibility index (Phi) is 1.32. The topological polar surface area (TPSA) is 42.9 Å². The van der Waals surface area contributed by atoms with Crippen LogP contribution in [0.2, 0.25) is 0 Å². The predicted molar refractivity (Wildman–Crippen MR) is 28.3 cm³/mol. The van der Waals surface area contributed by atoms with Crippen LogP contribution < -0.4 is 5.69 Å². The second-order valence-electron chi connectivity index (χ2n) is 1.22. The van der Waals surface area contributed by atoms with Crippen molar-refractivity contribution in [2.24, 2.45) is 0 Å². The van der Waals surface area contributed by atoms with Crippen molar-refractivity contribution in [2.45, 2.75) is 0 Å². The Balaban J connectivity index is 3.32. The van der Waals surface area contributed by atoms with Crippen LogP contribution in [0.15, 0.2) is 29.3 Å². The maximum atomic E-state index is 10.2. The lowest BCUT2D eigenvalue weighted by Gasteiger charge is -1.56. The molecule has 8 heavy (non-hydrogen) atoms. The molecule has 1 heterocycles. The smallest absolute Gasteiger partial charge is 0.244 e. The third-order valence-electron chi connectivity index (χ3n) is 0.653. The lowest BCUT2D eigenvalue weighted by atomic mass is 10.6. The molecule has 0 saturated heterocycles. The van der Waals surface area contributed by atoms with Gasteiger partial charge < -0.3 is 0 Å². The molecule has 0 radical (unpaired) electrons. The van der Waals surface area contributed by atoms with Gasteiger partial charge >= 0.3 is 5.69 Å². The highest BCUT2D eigenvalue weighted by Crippen LogP contribution is 1.65. The maximum absolute atomic E-state index is 10.2. The van der Waals surface area contributed by atoms with Gasteiger partial charge in [-0.3, -0.25) is 0 Å². The summed E-state index contributed by atoms with van der Waals surface area (Å²) in [6.07, 6.45) is 2.82. The van der Waals surface area contributed by atoms with E-state index in [2.05, 4.69) is 9.97 Å². The van der Waals surface area contributed by atoms with Gasteiger partial charge in [-0.2, -0.15) is 0 Å². The highest BCUT2D eigenvalue weighted by molar-refractivity contribution is 4.81. The third kappa shape index (κ3) is 1.11. The van der Waals surface area contributed by atoms with Crippen LogP contribution >= 0.6 is 0 Å². The maximum Gasteiger partial charge on any atom is 0.366 e. The van der Waals surface area contributed by atoms with Gasteiger partial charge in [0.2, 0.25) is 0 Å². The molecule has 3 nitrogen and oxygen atoms in total. The fourth-order valence-electron chi connectivity index (χ4n) is 0.346. The van der Waals surface area contributed by atoms with E-state index in [1.165, 1.54) is 12.4 Å². The summed E-state index contributed by atoms with van der Waals surface area (Å²) in [6, 6.07) is 3.29. The van der Waals surface area contributed by atoms with E-state index in [0.29, 0.717) is 0 Å². The zero-order valence-electron chi connectivity index (χ0n) is 4.11. The molecule has 0 aromatic carbocycles. The minimum absolute atomic E-state index is 0.449. The summed E-state index contributed by atoms with van der Waals surface area (Å²) in [6.45, 7) is 0. The van der Waals surface area contributed by atoms with Crippen molar-refractivity contribution in [3.8, 4) is 0 Å². The van der Waals surface area contributed by atoms with Gasteiger partial charge in [-0.05, 0) is 12.1 Å². The standard InChI is InChI=1S/C5H4N2O/c8-5-6-3-1-2-4-7-5/h1-4H. The van der Waals surface area contributed by atoms with Gasteiger partial charge in [0, 0.05) is 12.4 Å². The molecule has 0 unspecified atom stereocenters. The molecule has 1 aromatic heterocycles. The van der Waals surface area contributed by atoms with Crippen LogP contribution in [-0.2, 0) is 0 Å². The summed E-state index contributed by atoms with van der Waals surface area (Å²) >= 11 is 0. The molecule has 0 amide bonds. The van der Waals surface area contributed by atoms with E-state index >= 15 is 0 Å². The molecular formula is C5H4N2O. The summed E-state index contributed by atoms with van der Waals surface area (Å²) in [4.78, 5) is 17.0. The Morgan fingerprint density at radius 3 is 2.12 bits per heavy atom. The van der Waals surface area contributed by atoms with Crippen molar-refractivity contribution in [2.75, 3.05) is 0 Å². The van der Waals surface area contributed by atoms with Crippen LogP contribution in [0.5, 0.6) is 0 Å². The quantitative estimate of drug-likeness (QED) is 0.463. The largest absolute Gasteiger partial charge is 0.366 e. The van der Waals surface area contributed by atoms with Crippen LogP contribution in [0.4, 0.5) is 0 Å². The number of hydrogen-bond acceptors (Lipinski definition) is 3. The van der Waals surface area contributed by atoms with Crippen LogP contribution in [0.1, 0.15) is 0 Å². The van der Waals surface area contributed by atoms with Crippen molar-refractivity contribution in [3.05, 3.63) is 35.0 Å². The molecule has 3 heteroatoms. The Bertz CT molecular complexity index is 201. The molecule has 0 saturated carbocycles. The van der Waals surface area contributed by atoms with Gasteiger partial charge in [0.1, 0.15) is 0 Å². The minimum atomic E-state index is -0.449. The molecule has 0 spiro atoms. The van der Waals surface area contributed by atoms with E-state index in [0.717, 1.165) is 0 Å². The fraction of sp³-hybridized carbons (Fsp3) is 0. The van der Waals surface area contributed by atoms with Crippen molar-refractivity contribution in [1.29, 1.82) is 0 Å². The molecule has 0 fully saturated rings. The molecule has 1 aromatic rings. The molecule has 0 bridgehead atoms. The van der Waals surface area contributed by atoms with Crippen molar-refractivity contribution in [1.82, 2.24) is 9.97 Å². The molecular weight excluding hydrogens is 104 g/mol. The predicted octanol–water partition coefficient (Wildman–Crippen LogP) is -0.163. The molecule has 0 N–H and O–H groups in total. The lowest BCUT2D eigenvalue weighted by molar-refractivity contribution is 1.12. The van der Waals surface area contributed by atoms with E-state index in [9.17, 15) is 4.79 Å². The zero-order valence-corrected chi connectivity index (χ0v) is 4.11. The highest BCUT2D eigenvalue weighted by Gasteiger charge is 1.72. The van der Waals surface area contributed by atoms with Gasteiger partial charge in [0.15, 0.2) is 0 Å². The number of rotatable bonds is 0. The monoisotopic (exact) mass is 108 g/mol. The summed E-state index contributed by atoms with van der Waals surface area (Å²) in [7, 11) is 0. The molecule has 1 rings (SSSR count). The second kappa shape index (κ2) is 2.16. The van der Waals surface area contributed by atoms with Crippen molar-refractivity contribution < 1.29 is 0 Å². The van der Waals surface area contributed by atoms with E-state index < -0.39 is 5.69 Å². The first kappa shape index (κ1) is 4.90. The first-order chi connectivity index (χ1) is 3.89. The molecule has 40 valence electrons. The minimum Gasteiger partial charge on any atom is -0.244 e. The van der Waals surface area contributed by atoms with Gasteiger partial charge in [0.05, 0.1) is 0 Å². The molecule has 0 aliphatic carbocycles. The SMILES string of the molecule is O=c1nccccn1. The highest BCUT2D eigenvalue weighted by atomic mass is 16.1. The van der Waals surface area contributed by atoms with E-state index in [1.54, 1.807) is 12.1 Å². The van der Waals surface area contributed by atoms with Gasteiger partial charge in [0.25, 0.3) is 0 Å². The van der Waals surface area contributed by atoms with Crippen molar-refractivity contribution in [3.63, 3.8) is 0 Å². The van der Waals surface area contributed by atoms with Crippen LogP contribution in [0, 0.1) is 0 Å². The van der Waals surface area contributed by atoms with Gasteiger partial charge in [-0.25, -0.2) is 14.8 Å². The Labute approximate surface area is 46.0 Å². The van der Waals surface area contributed by atoms with Crippen LogP contribution in [0.25, 0.3) is 0 Å². The third-order valence-corrected chi connectivity index (χ3v) is 0.653. The van der Waals surface area contributed by atoms with E-state index in [4.69, 9.17) is 0 Å². The molecule has 0 aliphatic heterocycles. The van der Waals surface area contributed by atoms with Gasteiger partial charge in [-0.1, -0.05) is 0 Å². The first-order valence-corrected chi connectivity index (χ1v) is 2.17. The summed E-state index contributed by atoms with van der Waals surface area (Å²) in [5.74, 6) is 0. The van der Waals surface area contributed by atoms with Crippen LogP contribution in [-0.4, -0.2) is 9.97 Å². The van der Waals surface area contributed by atoms with Gasteiger partial charge in [-0.15, -0.1) is 0 Å². The average molecular weight is 108 g/mol. The van der Waals surface area contributed by atoms with Crippen LogP contribution in [0.3, 0.4) is 0 Å². The normalized spacial score (nSPS) is 8.50. The Hall–Kier alpha value is -1.25. The van der Waals surface area contributed by atoms with E-state index in [1.807, 2.05) is 0 Å². The molecule has 0 aliphatic rings. The number of aromatic nitrogens is 2. The summed E-state index contributed by atoms with van der Waals surface area (Å²) in [5.41, 5.74) is -0.449. The number of nitrogens with zero attached hydrogens (tertiary/aromatic N) is 2. The summed E-state index contributed by atoms with van der Waals surface area (Å²) in [5, 5.41) is 0. The summed E-state index contributed by atoms with van der Waals surface area (Å²) < 4.78 is 0. The lowest BCUT2D eigenvalue weighted by Crippen LogP contribution is -2.02. The Morgan fingerprint density at radius 2 is 1.62 bits per heavy atom. The van der Waals surface area contributed by atoms with E-state index in [-0.39, 0.29) is 0 Å². The molecule has 0 atom stereocenters. The second-order valence-corrected chi connectivity index (χ2v) is 1.22. The average Bonchev–Trinajstić information content (AvgIpc) is 1.94. The van der Waals surface area contributed by atoms with Crippen molar-refractivity contribution >= 4 is 0 Å². The number of hydrogen-bond donors (Lipinski definition) is 0. The fourth-order valence-corrected chi connectivity index (χ4v) is 0.346.